The monoisotopic (exact) mass is 399 g/mol. The molecule has 7 heteroatoms. The molecule has 1 atom stereocenters. The third-order valence-electron chi connectivity index (χ3n) is 4.80. The summed E-state index contributed by atoms with van der Waals surface area (Å²) in [6, 6.07) is 15.3. The maximum atomic E-state index is 13.1. The standard InChI is InChI=1S/C21H22ClN3O3/c1-14(2)25(15-9-5-4-6-10-15)18(26)13-24-19(27)21(3,23-20(24)28)16-11-7-8-12-17(16)22/h4-12,14H,13H2,1-3H3,(H,23,28). The first-order chi connectivity index (χ1) is 13.3. The minimum atomic E-state index is -1.31. The summed E-state index contributed by atoms with van der Waals surface area (Å²) in [5.74, 6) is -0.844. The summed E-state index contributed by atoms with van der Waals surface area (Å²) >= 11 is 6.24. The van der Waals surface area contributed by atoms with E-state index in [0.29, 0.717) is 16.3 Å². The summed E-state index contributed by atoms with van der Waals surface area (Å²) in [6.45, 7) is 5.00. The smallest absolute Gasteiger partial charge is 0.319 e. The number of nitrogens with one attached hydrogen (secondary N) is 1. The summed E-state index contributed by atoms with van der Waals surface area (Å²) in [5, 5.41) is 3.06. The molecule has 1 N–H and O–H groups in total. The van der Waals surface area contributed by atoms with Gasteiger partial charge in [0.15, 0.2) is 0 Å². The number of carbonyl (C=O) groups excluding carboxylic acids is 3. The minimum Gasteiger partial charge on any atom is -0.319 e. The van der Waals surface area contributed by atoms with Crippen molar-refractivity contribution >= 4 is 35.1 Å². The first-order valence-corrected chi connectivity index (χ1v) is 9.39. The Balaban J connectivity index is 1.86. The lowest BCUT2D eigenvalue weighted by Gasteiger charge is -2.28. The van der Waals surface area contributed by atoms with Crippen molar-refractivity contribution in [3.63, 3.8) is 0 Å². The molecule has 3 rings (SSSR count). The molecule has 0 aliphatic carbocycles. The normalized spacial score (nSPS) is 19.1. The van der Waals surface area contributed by atoms with Gasteiger partial charge in [0.05, 0.1) is 0 Å². The van der Waals surface area contributed by atoms with Crippen LogP contribution in [0.2, 0.25) is 5.02 Å². The van der Waals surface area contributed by atoms with Crippen LogP contribution in [0, 0.1) is 0 Å². The Morgan fingerprint density at radius 1 is 1.11 bits per heavy atom. The second kappa shape index (κ2) is 7.64. The maximum absolute atomic E-state index is 13.1. The number of anilines is 1. The molecule has 2 aromatic rings. The average Bonchev–Trinajstić information content (AvgIpc) is 2.86. The van der Waals surface area contributed by atoms with Crippen LogP contribution in [0.5, 0.6) is 0 Å². The number of imide groups is 1. The van der Waals surface area contributed by atoms with Gasteiger partial charge in [0.2, 0.25) is 5.91 Å². The number of halogens is 1. The number of amides is 4. The Kier molecular flexibility index (Phi) is 5.42. The van der Waals surface area contributed by atoms with E-state index in [-0.39, 0.29) is 18.5 Å². The first-order valence-electron chi connectivity index (χ1n) is 9.02. The van der Waals surface area contributed by atoms with Gasteiger partial charge in [0.1, 0.15) is 12.1 Å². The van der Waals surface area contributed by atoms with Crippen LogP contribution in [0.3, 0.4) is 0 Å². The number of nitrogens with zero attached hydrogens (tertiary/aromatic N) is 2. The van der Waals surface area contributed by atoms with Gasteiger partial charge in [-0.1, -0.05) is 48.0 Å². The highest BCUT2D eigenvalue weighted by atomic mass is 35.5. The topological polar surface area (TPSA) is 69.7 Å². The van der Waals surface area contributed by atoms with Crippen molar-refractivity contribution in [1.29, 1.82) is 0 Å². The van der Waals surface area contributed by atoms with Gasteiger partial charge >= 0.3 is 6.03 Å². The van der Waals surface area contributed by atoms with Crippen molar-refractivity contribution in [3.8, 4) is 0 Å². The van der Waals surface area contributed by atoms with Gasteiger partial charge in [0, 0.05) is 22.3 Å². The molecular formula is C21H22ClN3O3. The van der Waals surface area contributed by atoms with Crippen LogP contribution in [0.4, 0.5) is 10.5 Å². The lowest BCUT2D eigenvalue weighted by Crippen LogP contribution is -2.46. The fourth-order valence-electron chi connectivity index (χ4n) is 3.42. The number of urea groups is 1. The van der Waals surface area contributed by atoms with Crippen LogP contribution in [-0.2, 0) is 15.1 Å². The molecule has 0 aromatic heterocycles. The molecule has 1 saturated heterocycles. The van der Waals surface area contributed by atoms with Gasteiger partial charge in [0.25, 0.3) is 5.91 Å². The number of benzene rings is 2. The van der Waals surface area contributed by atoms with Gasteiger partial charge in [-0.05, 0) is 39.0 Å². The van der Waals surface area contributed by atoms with E-state index in [2.05, 4.69) is 5.32 Å². The van der Waals surface area contributed by atoms with Crippen LogP contribution < -0.4 is 10.2 Å². The molecule has 2 aromatic carbocycles. The van der Waals surface area contributed by atoms with Gasteiger partial charge in [-0.3, -0.25) is 14.5 Å². The lowest BCUT2D eigenvalue weighted by molar-refractivity contribution is -0.134. The Labute approximate surface area is 169 Å². The van der Waals surface area contributed by atoms with E-state index in [1.54, 1.807) is 36.1 Å². The van der Waals surface area contributed by atoms with Gasteiger partial charge in [-0.25, -0.2) is 4.79 Å². The maximum Gasteiger partial charge on any atom is 0.325 e. The summed E-state index contributed by atoms with van der Waals surface area (Å²) in [6.07, 6.45) is 0. The first kappa shape index (κ1) is 19.9. The van der Waals surface area contributed by atoms with Crippen molar-refractivity contribution < 1.29 is 14.4 Å². The second-order valence-corrected chi connectivity index (χ2v) is 7.53. The summed E-state index contributed by atoms with van der Waals surface area (Å²) in [7, 11) is 0. The van der Waals surface area contributed by atoms with Crippen molar-refractivity contribution in [2.75, 3.05) is 11.4 Å². The summed E-state index contributed by atoms with van der Waals surface area (Å²) in [5.41, 5.74) is -0.109. The fourth-order valence-corrected chi connectivity index (χ4v) is 3.74. The highest BCUT2D eigenvalue weighted by Crippen LogP contribution is 2.33. The third kappa shape index (κ3) is 3.47. The molecule has 1 unspecified atom stereocenters. The molecule has 1 aliphatic heterocycles. The van der Waals surface area contributed by atoms with E-state index in [4.69, 9.17) is 11.6 Å². The van der Waals surface area contributed by atoms with Crippen LogP contribution in [0.25, 0.3) is 0 Å². The van der Waals surface area contributed by atoms with Crippen LogP contribution in [0.15, 0.2) is 54.6 Å². The zero-order valence-electron chi connectivity index (χ0n) is 16.0. The van der Waals surface area contributed by atoms with E-state index in [0.717, 1.165) is 4.90 Å². The molecule has 1 fully saturated rings. The van der Waals surface area contributed by atoms with Gasteiger partial charge in [-0.15, -0.1) is 0 Å². The van der Waals surface area contributed by atoms with Gasteiger partial charge < -0.3 is 10.2 Å². The molecule has 1 aliphatic rings. The van der Waals surface area contributed by atoms with Crippen LogP contribution >= 0.6 is 11.6 Å². The fraction of sp³-hybridized carbons (Fsp3) is 0.286. The number of para-hydroxylation sites is 1. The van der Waals surface area contributed by atoms with E-state index in [1.807, 2.05) is 44.2 Å². The largest absolute Gasteiger partial charge is 0.325 e. The quantitative estimate of drug-likeness (QED) is 0.781. The molecular weight excluding hydrogens is 378 g/mol. The Morgan fingerprint density at radius 2 is 1.71 bits per heavy atom. The average molecular weight is 400 g/mol. The molecule has 146 valence electrons. The Bertz CT molecular complexity index is 916. The zero-order valence-corrected chi connectivity index (χ0v) is 16.7. The number of hydrogen-bond donors (Lipinski definition) is 1. The number of hydrogen-bond acceptors (Lipinski definition) is 3. The van der Waals surface area contributed by atoms with Crippen molar-refractivity contribution in [2.45, 2.75) is 32.4 Å². The van der Waals surface area contributed by atoms with Crippen LogP contribution in [-0.4, -0.2) is 35.3 Å². The Hall–Kier alpha value is -2.86. The number of carbonyl (C=O) groups is 3. The SMILES string of the molecule is CC(C)N(C(=O)CN1C(=O)NC(C)(c2ccccc2Cl)C1=O)c1ccccc1. The molecule has 28 heavy (non-hydrogen) atoms. The highest BCUT2D eigenvalue weighted by Gasteiger charge is 2.50. The van der Waals surface area contributed by atoms with Crippen molar-refractivity contribution in [1.82, 2.24) is 10.2 Å². The van der Waals surface area contributed by atoms with E-state index < -0.39 is 17.5 Å². The zero-order chi connectivity index (χ0) is 20.5. The minimum absolute atomic E-state index is 0.134. The summed E-state index contributed by atoms with van der Waals surface area (Å²) in [4.78, 5) is 41.1. The Morgan fingerprint density at radius 3 is 2.32 bits per heavy atom. The molecule has 6 nitrogen and oxygen atoms in total. The molecule has 0 bridgehead atoms. The van der Waals surface area contributed by atoms with Crippen molar-refractivity contribution in [3.05, 3.63) is 65.2 Å². The van der Waals surface area contributed by atoms with E-state index in [1.165, 1.54) is 0 Å². The van der Waals surface area contributed by atoms with Gasteiger partial charge in [-0.2, -0.15) is 0 Å². The summed E-state index contributed by atoms with van der Waals surface area (Å²) < 4.78 is 0. The number of rotatable bonds is 5. The van der Waals surface area contributed by atoms with Crippen molar-refractivity contribution in [2.24, 2.45) is 0 Å². The predicted octanol–water partition coefficient (Wildman–Crippen LogP) is 3.55. The highest BCUT2D eigenvalue weighted by molar-refractivity contribution is 6.32. The van der Waals surface area contributed by atoms with E-state index >= 15 is 0 Å². The molecule has 0 radical (unpaired) electrons. The molecule has 0 saturated carbocycles. The van der Waals surface area contributed by atoms with E-state index in [9.17, 15) is 14.4 Å². The molecule has 4 amide bonds. The molecule has 1 heterocycles. The third-order valence-corrected chi connectivity index (χ3v) is 5.13. The predicted molar refractivity (Wildman–Crippen MR) is 108 cm³/mol. The van der Waals surface area contributed by atoms with Crippen LogP contribution in [0.1, 0.15) is 26.3 Å². The second-order valence-electron chi connectivity index (χ2n) is 7.12. The lowest BCUT2D eigenvalue weighted by atomic mass is 9.92. The molecule has 0 spiro atoms.